The number of halogens is 1. The number of nitrogens with one attached hydrogen (secondary N) is 1. The van der Waals surface area contributed by atoms with Gasteiger partial charge in [-0.3, -0.25) is 0 Å². The second-order valence-electron chi connectivity index (χ2n) is 6.70. The predicted molar refractivity (Wildman–Crippen MR) is 83.7 cm³/mol. The minimum absolute atomic E-state index is 0.333. The van der Waals surface area contributed by atoms with E-state index in [0.29, 0.717) is 17.5 Å². The molecule has 1 aromatic carbocycles. The first-order valence-electron chi connectivity index (χ1n) is 7.48. The quantitative estimate of drug-likeness (QED) is 0.736. The van der Waals surface area contributed by atoms with Crippen molar-refractivity contribution >= 4 is 11.6 Å². The van der Waals surface area contributed by atoms with Gasteiger partial charge in [0.25, 0.3) is 0 Å². The van der Waals surface area contributed by atoms with Crippen molar-refractivity contribution in [3.8, 4) is 0 Å². The highest BCUT2D eigenvalue weighted by molar-refractivity contribution is 6.31. The van der Waals surface area contributed by atoms with Crippen molar-refractivity contribution in [2.75, 3.05) is 0 Å². The van der Waals surface area contributed by atoms with Crippen molar-refractivity contribution < 1.29 is 0 Å². The molecule has 0 bridgehead atoms. The fraction of sp³-hybridized carbons (Fsp3) is 0.647. The maximum atomic E-state index is 6.27. The molecule has 1 fully saturated rings. The van der Waals surface area contributed by atoms with E-state index in [4.69, 9.17) is 11.6 Å². The molecule has 0 radical (unpaired) electrons. The van der Waals surface area contributed by atoms with Crippen LogP contribution in [0.15, 0.2) is 24.3 Å². The van der Waals surface area contributed by atoms with Crippen LogP contribution in [-0.4, -0.2) is 6.04 Å². The van der Waals surface area contributed by atoms with Crippen LogP contribution >= 0.6 is 11.6 Å². The molecule has 1 unspecified atom stereocenters. The maximum Gasteiger partial charge on any atom is 0.0453 e. The molecule has 0 spiro atoms. The van der Waals surface area contributed by atoms with Crippen molar-refractivity contribution in [3.63, 3.8) is 0 Å². The SMILES string of the molecule is C[C@@H](NC1CCCC(C)(C)CC1)c1ccccc1Cl. The fourth-order valence-electron chi connectivity index (χ4n) is 3.10. The van der Waals surface area contributed by atoms with Gasteiger partial charge in [0.05, 0.1) is 0 Å². The van der Waals surface area contributed by atoms with Gasteiger partial charge in [0.2, 0.25) is 0 Å². The Morgan fingerprint density at radius 3 is 2.68 bits per heavy atom. The summed E-state index contributed by atoms with van der Waals surface area (Å²) >= 11 is 6.27. The molecule has 0 amide bonds. The average Bonchev–Trinajstić information content (AvgIpc) is 2.51. The highest BCUT2D eigenvalue weighted by Crippen LogP contribution is 2.34. The zero-order valence-electron chi connectivity index (χ0n) is 12.4. The smallest absolute Gasteiger partial charge is 0.0453 e. The first-order valence-corrected chi connectivity index (χ1v) is 7.86. The van der Waals surface area contributed by atoms with E-state index < -0.39 is 0 Å². The normalized spacial score (nSPS) is 24.7. The van der Waals surface area contributed by atoms with Crippen molar-refractivity contribution in [1.29, 1.82) is 0 Å². The minimum Gasteiger partial charge on any atom is -0.307 e. The van der Waals surface area contributed by atoms with Gasteiger partial charge < -0.3 is 5.32 Å². The molecule has 2 rings (SSSR count). The Balaban J connectivity index is 1.96. The summed E-state index contributed by atoms with van der Waals surface area (Å²) in [4.78, 5) is 0. The molecular formula is C17H26ClN. The second-order valence-corrected chi connectivity index (χ2v) is 7.11. The number of benzene rings is 1. The Labute approximate surface area is 122 Å². The van der Waals surface area contributed by atoms with Gasteiger partial charge in [0.1, 0.15) is 0 Å². The van der Waals surface area contributed by atoms with Crippen molar-refractivity contribution in [2.45, 2.75) is 65.0 Å². The molecular weight excluding hydrogens is 254 g/mol. The first kappa shape index (κ1) is 14.9. The standard InChI is InChI=1S/C17H26ClN/c1-13(15-8-4-5-9-16(15)18)19-14-7-6-11-17(2,3)12-10-14/h4-5,8-9,13-14,19H,6-7,10-12H2,1-3H3/t13-,14?/m1/s1. The molecule has 1 aliphatic rings. The molecule has 0 saturated heterocycles. The molecule has 19 heavy (non-hydrogen) atoms. The van der Waals surface area contributed by atoms with Gasteiger partial charge in [-0.15, -0.1) is 0 Å². The van der Waals surface area contributed by atoms with Crippen molar-refractivity contribution in [3.05, 3.63) is 34.9 Å². The number of hydrogen-bond donors (Lipinski definition) is 1. The topological polar surface area (TPSA) is 12.0 Å². The largest absolute Gasteiger partial charge is 0.307 e. The van der Waals surface area contributed by atoms with E-state index in [1.807, 2.05) is 12.1 Å². The Morgan fingerprint density at radius 2 is 1.95 bits per heavy atom. The zero-order valence-corrected chi connectivity index (χ0v) is 13.1. The Morgan fingerprint density at radius 1 is 1.21 bits per heavy atom. The summed E-state index contributed by atoms with van der Waals surface area (Å²) in [7, 11) is 0. The summed E-state index contributed by atoms with van der Waals surface area (Å²) in [5.41, 5.74) is 1.73. The third-order valence-corrected chi connectivity index (χ3v) is 4.78. The van der Waals surface area contributed by atoms with Crippen LogP contribution in [-0.2, 0) is 0 Å². The van der Waals surface area contributed by atoms with Crippen molar-refractivity contribution in [2.24, 2.45) is 5.41 Å². The lowest BCUT2D eigenvalue weighted by molar-refractivity contribution is 0.307. The summed E-state index contributed by atoms with van der Waals surface area (Å²) < 4.78 is 0. The summed E-state index contributed by atoms with van der Waals surface area (Å²) in [6.07, 6.45) is 6.57. The van der Waals surface area contributed by atoms with E-state index in [0.717, 1.165) is 5.02 Å². The lowest BCUT2D eigenvalue weighted by Crippen LogP contribution is -2.31. The fourth-order valence-corrected chi connectivity index (χ4v) is 3.40. The van der Waals surface area contributed by atoms with Gasteiger partial charge in [0.15, 0.2) is 0 Å². The predicted octanol–water partition coefficient (Wildman–Crippen LogP) is 5.35. The van der Waals surface area contributed by atoms with Crippen LogP contribution in [0.5, 0.6) is 0 Å². The van der Waals surface area contributed by atoms with E-state index in [9.17, 15) is 0 Å². The molecule has 1 saturated carbocycles. The highest BCUT2D eigenvalue weighted by atomic mass is 35.5. The third-order valence-electron chi connectivity index (χ3n) is 4.43. The van der Waals surface area contributed by atoms with Crippen molar-refractivity contribution in [1.82, 2.24) is 5.32 Å². The average molecular weight is 280 g/mol. The van der Waals surface area contributed by atoms with E-state index in [1.54, 1.807) is 0 Å². The lowest BCUT2D eigenvalue weighted by Gasteiger charge is -2.24. The van der Waals surface area contributed by atoms with Gasteiger partial charge in [-0.05, 0) is 49.7 Å². The van der Waals surface area contributed by atoms with Crippen LogP contribution in [0, 0.1) is 5.41 Å². The van der Waals surface area contributed by atoms with Crippen LogP contribution in [0.25, 0.3) is 0 Å². The van der Waals surface area contributed by atoms with Crippen LogP contribution in [0.1, 0.15) is 64.5 Å². The molecule has 1 N–H and O–H groups in total. The van der Waals surface area contributed by atoms with E-state index >= 15 is 0 Å². The van der Waals surface area contributed by atoms with Crippen LogP contribution in [0.2, 0.25) is 5.02 Å². The summed E-state index contributed by atoms with van der Waals surface area (Å²) in [6, 6.07) is 9.13. The van der Waals surface area contributed by atoms with E-state index in [1.165, 1.54) is 37.7 Å². The second kappa shape index (κ2) is 6.28. The van der Waals surface area contributed by atoms with Crippen LogP contribution in [0.3, 0.4) is 0 Å². The first-order chi connectivity index (χ1) is 8.98. The monoisotopic (exact) mass is 279 g/mol. The summed E-state index contributed by atoms with van der Waals surface area (Å²) in [5, 5.41) is 4.64. The summed E-state index contributed by atoms with van der Waals surface area (Å²) in [5.74, 6) is 0. The van der Waals surface area contributed by atoms with Crippen LogP contribution in [0.4, 0.5) is 0 Å². The molecule has 1 aromatic rings. The highest BCUT2D eigenvalue weighted by Gasteiger charge is 2.25. The van der Waals surface area contributed by atoms with Gasteiger partial charge in [-0.1, -0.05) is 50.1 Å². The molecule has 0 aromatic heterocycles. The molecule has 106 valence electrons. The lowest BCUT2D eigenvalue weighted by atomic mass is 9.85. The number of hydrogen-bond acceptors (Lipinski definition) is 1. The van der Waals surface area contributed by atoms with E-state index in [2.05, 4.69) is 38.2 Å². The van der Waals surface area contributed by atoms with E-state index in [-0.39, 0.29) is 0 Å². The molecule has 1 aliphatic carbocycles. The molecule has 2 heteroatoms. The molecule has 2 atom stereocenters. The molecule has 0 aliphatic heterocycles. The Kier molecular flexibility index (Phi) is 4.92. The van der Waals surface area contributed by atoms with Gasteiger partial charge in [-0.25, -0.2) is 0 Å². The summed E-state index contributed by atoms with van der Waals surface area (Å²) in [6.45, 7) is 7.01. The molecule has 1 nitrogen and oxygen atoms in total. The van der Waals surface area contributed by atoms with Crippen LogP contribution < -0.4 is 5.32 Å². The van der Waals surface area contributed by atoms with Gasteiger partial charge in [0, 0.05) is 17.1 Å². The van der Waals surface area contributed by atoms with Gasteiger partial charge in [-0.2, -0.15) is 0 Å². The zero-order chi connectivity index (χ0) is 13.9. The molecule has 0 heterocycles. The number of rotatable bonds is 3. The maximum absolute atomic E-state index is 6.27. The Hall–Kier alpha value is -0.530. The third kappa shape index (κ3) is 4.22. The van der Waals surface area contributed by atoms with Gasteiger partial charge >= 0.3 is 0 Å². The minimum atomic E-state index is 0.333. The Bertz CT molecular complexity index is 413.